The van der Waals surface area contributed by atoms with Gasteiger partial charge in [-0.2, -0.15) is 0 Å². The third kappa shape index (κ3) is 4.81. The van der Waals surface area contributed by atoms with Gasteiger partial charge in [-0.25, -0.2) is 0 Å². The van der Waals surface area contributed by atoms with Gasteiger partial charge in [-0.3, -0.25) is 10.1 Å². The molecule has 0 saturated carbocycles. The Kier molecular flexibility index (Phi) is 6.45. The molecule has 0 saturated heterocycles. The number of amides is 1. The maximum Gasteiger partial charge on any atom is 0.266 e. The minimum absolute atomic E-state index is 0.234. The highest BCUT2D eigenvalue weighted by Crippen LogP contribution is 2.13. The number of carbonyl (C=O) groups is 1. The lowest BCUT2D eigenvalue weighted by molar-refractivity contribution is -0.125. The largest absolute Gasteiger partial charge is 0.481 e. The zero-order valence-electron chi connectivity index (χ0n) is 12.5. The fourth-order valence-corrected chi connectivity index (χ4v) is 2.03. The van der Waals surface area contributed by atoms with E-state index in [2.05, 4.69) is 5.32 Å². The molecule has 1 aromatic carbocycles. The summed E-state index contributed by atoms with van der Waals surface area (Å²) in [6.45, 7) is 9.23. The van der Waals surface area contributed by atoms with E-state index in [1.165, 1.54) is 0 Å². The summed E-state index contributed by atoms with van der Waals surface area (Å²) in [5, 5.41) is 3.15. The zero-order chi connectivity index (χ0) is 15.1. The van der Waals surface area contributed by atoms with E-state index in [0.29, 0.717) is 10.9 Å². The van der Waals surface area contributed by atoms with E-state index in [4.69, 9.17) is 17.0 Å². The van der Waals surface area contributed by atoms with Crippen LogP contribution in [0.2, 0.25) is 0 Å². The van der Waals surface area contributed by atoms with Gasteiger partial charge < -0.3 is 9.64 Å². The van der Waals surface area contributed by atoms with Crippen LogP contribution >= 0.6 is 12.2 Å². The molecule has 0 heterocycles. The second kappa shape index (κ2) is 7.85. The maximum absolute atomic E-state index is 12.0. The van der Waals surface area contributed by atoms with Crippen LogP contribution < -0.4 is 10.1 Å². The van der Waals surface area contributed by atoms with E-state index in [9.17, 15) is 4.79 Å². The van der Waals surface area contributed by atoms with Gasteiger partial charge in [0.15, 0.2) is 11.2 Å². The molecule has 1 N–H and O–H groups in total. The second-order valence-electron chi connectivity index (χ2n) is 4.54. The normalized spacial score (nSPS) is 11.6. The van der Waals surface area contributed by atoms with Crippen LogP contribution in [0.1, 0.15) is 26.3 Å². The van der Waals surface area contributed by atoms with Gasteiger partial charge in [-0.15, -0.1) is 0 Å². The van der Waals surface area contributed by atoms with Gasteiger partial charge in [-0.1, -0.05) is 17.7 Å². The smallest absolute Gasteiger partial charge is 0.266 e. The van der Waals surface area contributed by atoms with Gasteiger partial charge in [0, 0.05) is 13.1 Å². The van der Waals surface area contributed by atoms with Crippen LogP contribution in [0.4, 0.5) is 0 Å². The quantitative estimate of drug-likeness (QED) is 0.847. The van der Waals surface area contributed by atoms with Crippen LogP contribution in [-0.4, -0.2) is 35.1 Å². The Hall–Kier alpha value is -1.62. The molecule has 1 aromatic rings. The summed E-state index contributed by atoms with van der Waals surface area (Å²) in [6, 6.07) is 7.59. The Balaban J connectivity index is 2.54. The number of hydrogen-bond donors (Lipinski definition) is 1. The van der Waals surface area contributed by atoms with Crippen LogP contribution in [-0.2, 0) is 4.79 Å². The lowest BCUT2D eigenvalue weighted by Gasteiger charge is -2.23. The van der Waals surface area contributed by atoms with Gasteiger partial charge in [0.2, 0.25) is 0 Å². The van der Waals surface area contributed by atoms with Gasteiger partial charge in [0.25, 0.3) is 5.91 Å². The molecule has 4 nitrogen and oxygen atoms in total. The highest BCUT2D eigenvalue weighted by atomic mass is 32.1. The standard InChI is InChI=1S/C15H22N2O2S/c1-5-17(6-2)15(20)16-14(18)12(4)19-13-9-7-11(3)8-10-13/h7-10,12H,5-6H2,1-4H3,(H,16,18,20)/t12-/m1/s1. The van der Waals surface area contributed by atoms with Crippen LogP contribution in [0.5, 0.6) is 5.75 Å². The molecule has 0 aliphatic rings. The summed E-state index contributed by atoms with van der Waals surface area (Å²) in [5.74, 6) is 0.439. The van der Waals surface area contributed by atoms with Gasteiger partial charge in [0.1, 0.15) is 5.75 Å². The lowest BCUT2D eigenvalue weighted by atomic mass is 10.2. The summed E-state index contributed by atoms with van der Waals surface area (Å²) in [5.41, 5.74) is 1.15. The molecule has 5 heteroatoms. The predicted molar refractivity (Wildman–Crippen MR) is 84.9 cm³/mol. The van der Waals surface area contributed by atoms with Crippen molar-refractivity contribution in [3.05, 3.63) is 29.8 Å². The van der Waals surface area contributed by atoms with Crippen LogP contribution in [0.3, 0.4) is 0 Å². The Morgan fingerprint density at radius 3 is 2.35 bits per heavy atom. The van der Waals surface area contributed by atoms with Gasteiger partial charge in [-0.05, 0) is 52.0 Å². The van der Waals surface area contributed by atoms with E-state index in [1.54, 1.807) is 6.92 Å². The number of thiocarbonyl (C=S) groups is 1. The van der Waals surface area contributed by atoms with Crippen molar-refractivity contribution in [1.82, 2.24) is 10.2 Å². The van der Waals surface area contributed by atoms with Crippen molar-refractivity contribution in [3.63, 3.8) is 0 Å². The Morgan fingerprint density at radius 1 is 1.30 bits per heavy atom. The molecule has 0 radical (unpaired) electrons. The number of nitrogens with one attached hydrogen (secondary N) is 1. The third-order valence-electron chi connectivity index (χ3n) is 2.98. The summed E-state index contributed by atoms with van der Waals surface area (Å²) >= 11 is 5.19. The number of hydrogen-bond acceptors (Lipinski definition) is 3. The molecular weight excluding hydrogens is 272 g/mol. The average molecular weight is 294 g/mol. The van der Waals surface area contributed by atoms with Gasteiger partial charge >= 0.3 is 0 Å². The van der Waals surface area contributed by atoms with Crippen molar-refractivity contribution < 1.29 is 9.53 Å². The number of ether oxygens (including phenoxy) is 1. The Labute approximate surface area is 126 Å². The van der Waals surface area contributed by atoms with E-state index in [0.717, 1.165) is 18.7 Å². The molecule has 1 atom stereocenters. The molecule has 1 amide bonds. The molecule has 0 aromatic heterocycles. The van der Waals surface area contributed by atoms with Crippen LogP contribution in [0.15, 0.2) is 24.3 Å². The van der Waals surface area contributed by atoms with E-state index < -0.39 is 6.10 Å². The van der Waals surface area contributed by atoms with Crippen LogP contribution in [0, 0.1) is 6.92 Å². The third-order valence-corrected chi connectivity index (χ3v) is 3.34. The lowest BCUT2D eigenvalue weighted by Crippen LogP contribution is -2.46. The SMILES string of the molecule is CCN(CC)C(=S)NC(=O)[C@@H](C)Oc1ccc(C)cc1. The minimum Gasteiger partial charge on any atom is -0.481 e. The molecule has 0 aliphatic heterocycles. The van der Waals surface area contributed by atoms with Crippen molar-refractivity contribution >= 4 is 23.2 Å². The maximum atomic E-state index is 12.0. The fourth-order valence-electron chi connectivity index (χ4n) is 1.67. The van der Waals surface area contributed by atoms with Crippen LogP contribution in [0.25, 0.3) is 0 Å². The molecule has 0 aliphatic carbocycles. The number of benzene rings is 1. The number of nitrogens with zero attached hydrogens (tertiary/aromatic N) is 1. The summed E-state index contributed by atoms with van der Waals surface area (Å²) in [7, 11) is 0. The topological polar surface area (TPSA) is 41.6 Å². The molecular formula is C15H22N2O2S. The number of aryl methyl sites for hydroxylation is 1. The summed E-state index contributed by atoms with van der Waals surface area (Å²) in [6.07, 6.45) is -0.591. The van der Waals surface area contributed by atoms with E-state index in [1.807, 2.05) is 49.9 Å². The van der Waals surface area contributed by atoms with Crippen molar-refractivity contribution in [3.8, 4) is 5.75 Å². The number of rotatable bonds is 5. The van der Waals surface area contributed by atoms with Gasteiger partial charge in [0.05, 0.1) is 0 Å². The molecule has 0 unspecified atom stereocenters. The highest BCUT2D eigenvalue weighted by Gasteiger charge is 2.17. The molecule has 0 fully saturated rings. The minimum atomic E-state index is -0.591. The van der Waals surface area contributed by atoms with Crippen molar-refractivity contribution in [1.29, 1.82) is 0 Å². The molecule has 0 bridgehead atoms. The molecule has 1 rings (SSSR count). The fraction of sp³-hybridized carbons (Fsp3) is 0.467. The first-order valence-electron chi connectivity index (χ1n) is 6.81. The first-order chi connectivity index (χ1) is 9.47. The predicted octanol–water partition coefficient (Wildman–Crippen LogP) is 2.51. The molecule has 0 spiro atoms. The van der Waals surface area contributed by atoms with Crippen molar-refractivity contribution in [2.45, 2.75) is 33.8 Å². The monoisotopic (exact) mass is 294 g/mol. The highest BCUT2D eigenvalue weighted by molar-refractivity contribution is 7.80. The molecule has 110 valence electrons. The first-order valence-corrected chi connectivity index (χ1v) is 7.21. The van der Waals surface area contributed by atoms with Crippen molar-refractivity contribution in [2.75, 3.05) is 13.1 Å². The number of carbonyl (C=O) groups excluding carboxylic acids is 1. The van der Waals surface area contributed by atoms with E-state index in [-0.39, 0.29) is 5.91 Å². The second-order valence-corrected chi connectivity index (χ2v) is 4.93. The van der Waals surface area contributed by atoms with E-state index >= 15 is 0 Å². The average Bonchev–Trinajstić information content (AvgIpc) is 2.42. The Bertz CT molecular complexity index is 455. The first kappa shape index (κ1) is 16.4. The molecule has 20 heavy (non-hydrogen) atoms. The summed E-state index contributed by atoms with van der Waals surface area (Å²) < 4.78 is 5.59. The van der Waals surface area contributed by atoms with Crippen molar-refractivity contribution in [2.24, 2.45) is 0 Å². The Morgan fingerprint density at radius 2 is 1.85 bits per heavy atom. The zero-order valence-corrected chi connectivity index (χ0v) is 13.3. The summed E-state index contributed by atoms with van der Waals surface area (Å²) in [4.78, 5) is 13.9.